The molecule has 2 N–H and O–H groups in total. The second-order valence-electron chi connectivity index (χ2n) is 4.39. The van der Waals surface area contributed by atoms with E-state index in [1.54, 1.807) is 11.9 Å². The standard InChI is InChI=1S/C11H19N3O2/c1-7(2)10(12)11(15)14(4)6-9-5-8(3)16-13-9/h5,7,10H,6,12H2,1-4H3/t10-/m0/s1. The monoisotopic (exact) mass is 225 g/mol. The predicted octanol–water partition coefficient (Wildman–Crippen LogP) is 0.925. The Balaban J connectivity index is 2.58. The minimum atomic E-state index is -0.460. The molecule has 90 valence electrons. The number of aryl methyl sites for hydroxylation is 1. The van der Waals surface area contributed by atoms with Gasteiger partial charge in [-0.25, -0.2) is 0 Å². The predicted molar refractivity (Wildman–Crippen MR) is 60.5 cm³/mol. The van der Waals surface area contributed by atoms with E-state index in [1.807, 2.05) is 26.8 Å². The summed E-state index contributed by atoms with van der Waals surface area (Å²) in [6.07, 6.45) is 0. The van der Waals surface area contributed by atoms with Gasteiger partial charge in [0.1, 0.15) is 11.5 Å². The lowest BCUT2D eigenvalue weighted by atomic mass is 10.0. The highest BCUT2D eigenvalue weighted by molar-refractivity contribution is 5.81. The van der Waals surface area contributed by atoms with E-state index in [0.29, 0.717) is 6.54 Å². The maximum absolute atomic E-state index is 11.8. The van der Waals surface area contributed by atoms with Crippen molar-refractivity contribution in [2.75, 3.05) is 7.05 Å². The zero-order valence-corrected chi connectivity index (χ0v) is 10.2. The van der Waals surface area contributed by atoms with Gasteiger partial charge < -0.3 is 15.2 Å². The summed E-state index contributed by atoms with van der Waals surface area (Å²) < 4.78 is 4.93. The molecular weight excluding hydrogens is 206 g/mol. The van der Waals surface area contributed by atoms with E-state index in [-0.39, 0.29) is 11.8 Å². The Bertz CT molecular complexity index is 360. The zero-order chi connectivity index (χ0) is 12.3. The van der Waals surface area contributed by atoms with E-state index in [1.165, 1.54) is 0 Å². The molecule has 0 fully saturated rings. The molecule has 1 aromatic rings. The molecule has 0 saturated carbocycles. The Hall–Kier alpha value is -1.36. The minimum absolute atomic E-state index is 0.0735. The van der Waals surface area contributed by atoms with Crippen LogP contribution in [0.15, 0.2) is 10.6 Å². The molecule has 1 rings (SSSR count). The van der Waals surface area contributed by atoms with Gasteiger partial charge in [-0.1, -0.05) is 19.0 Å². The first kappa shape index (κ1) is 12.7. The zero-order valence-electron chi connectivity index (χ0n) is 10.2. The molecule has 16 heavy (non-hydrogen) atoms. The average molecular weight is 225 g/mol. The van der Waals surface area contributed by atoms with Gasteiger partial charge in [-0.05, 0) is 12.8 Å². The number of amides is 1. The number of aromatic nitrogens is 1. The summed E-state index contributed by atoms with van der Waals surface area (Å²) in [5, 5.41) is 3.83. The fourth-order valence-corrected chi connectivity index (χ4v) is 1.35. The molecule has 0 spiro atoms. The summed E-state index contributed by atoms with van der Waals surface area (Å²) in [5.74, 6) is 0.800. The maximum atomic E-state index is 11.8. The van der Waals surface area contributed by atoms with Gasteiger partial charge in [0.25, 0.3) is 0 Å². The maximum Gasteiger partial charge on any atom is 0.239 e. The number of carbonyl (C=O) groups is 1. The van der Waals surface area contributed by atoms with E-state index >= 15 is 0 Å². The van der Waals surface area contributed by atoms with Crippen LogP contribution in [-0.2, 0) is 11.3 Å². The van der Waals surface area contributed by atoms with Crippen LogP contribution in [0.3, 0.4) is 0 Å². The van der Waals surface area contributed by atoms with E-state index in [4.69, 9.17) is 10.3 Å². The number of hydrogen-bond donors (Lipinski definition) is 1. The number of nitrogens with two attached hydrogens (primary N) is 1. The van der Waals surface area contributed by atoms with Gasteiger partial charge in [-0.3, -0.25) is 4.79 Å². The third-order valence-electron chi connectivity index (χ3n) is 2.46. The fourth-order valence-electron chi connectivity index (χ4n) is 1.35. The summed E-state index contributed by atoms with van der Waals surface area (Å²) in [6, 6.07) is 1.35. The van der Waals surface area contributed by atoms with Crippen molar-refractivity contribution in [3.05, 3.63) is 17.5 Å². The fraction of sp³-hybridized carbons (Fsp3) is 0.636. The summed E-state index contributed by atoms with van der Waals surface area (Å²) in [4.78, 5) is 13.4. The molecule has 0 aliphatic carbocycles. The van der Waals surface area contributed by atoms with Crippen molar-refractivity contribution in [3.8, 4) is 0 Å². The molecule has 0 unspecified atom stereocenters. The van der Waals surface area contributed by atoms with E-state index in [2.05, 4.69) is 5.16 Å². The number of hydrogen-bond acceptors (Lipinski definition) is 4. The van der Waals surface area contributed by atoms with Crippen molar-refractivity contribution in [2.45, 2.75) is 33.4 Å². The van der Waals surface area contributed by atoms with Crippen LogP contribution in [0.2, 0.25) is 0 Å². The Morgan fingerprint density at radius 2 is 2.25 bits per heavy atom. The molecule has 0 bridgehead atoms. The van der Waals surface area contributed by atoms with Gasteiger partial charge in [-0.2, -0.15) is 0 Å². The van der Waals surface area contributed by atoms with E-state index in [0.717, 1.165) is 11.5 Å². The summed E-state index contributed by atoms with van der Waals surface area (Å²) in [6.45, 7) is 6.10. The highest BCUT2D eigenvalue weighted by atomic mass is 16.5. The minimum Gasteiger partial charge on any atom is -0.361 e. The van der Waals surface area contributed by atoms with Crippen molar-refractivity contribution >= 4 is 5.91 Å². The number of rotatable bonds is 4. The molecule has 0 aliphatic heterocycles. The molecule has 0 saturated heterocycles. The number of nitrogens with zero attached hydrogens (tertiary/aromatic N) is 2. The first-order valence-electron chi connectivity index (χ1n) is 5.34. The number of likely N-dealkylation sites (N-methyl/N-ethyl adjacent to an activating group) is 1. The third-order valence-corrected chi connectivity index (χ3v) is 2.46. The van der Waals surface area contributed by atoms with Gasteiger partial charge in [0.05, 0.1) is 12.6 Å². The smallest absolute Gasteiger partial charge is 0.239 e. The first-order chi connectivity index (χ1) is 7.41. The van der Waals surface area contributed by atoms with Crippen LogP contribution < -0.4 is 5.73 Å². The summed E-state index contributed by atoms with van der Waals surface area (Å²) in [7, 11) is 1.72. The van der Waals surface area contributed by atoms with Gasteiger partial charge in [0.2, 0.25) is 5.91 Å². The lowest BCUT2D eigenvalue weighted by Gasteiger charge is -2.22. The lowest BCUT2D eigenvalue weighted by Crippen LogP contribution is -2.44. The highest BCUT2D eigenvalue weighted by Gasteiger charge is 2.21. The SMILES string of the molecule is Cc1cc(CN(C)C(=O)[C@@H](N)C(C)C)no1. The molecule has 5 heteroatoms. The molecule has 1 amide bonds. The summed E-state index contributed by atoms with van der Waals surface area (Å²) in [5.41, 5.74) is 6.52. The van der Waals surface area contributed by atoms with Crippen LogP contribution in [0, 0.1) is 12.8 Å². The normalized spacial score (nSPS) is 12.9. The Labute approximate surface area is 95.6 Å². The van der Waals surface area contributed by atoms with Gasteiger partial charge in [-0.15, -0.1) is 0 Å². The Morgan fingerprint density at radius 3 is 2.69 bits per heavy atom. The lowest BCUT2D eigenvalue weighted by molar-refractivity contribution is -0.132. The van der Waals surface area contributed by atoms with E-state index in [9.17, 15) is 4.79 Å². The van der Waals surface area contributed by atoms with Crippen LogP contribution in [0.5, 0.6) is 0 Å². The molecule has 1 aromatic heterocycles. The largest absolute Gasteiger partial charge is 0.361 e. The van der Waals surface area contributed by atoms with Crippen molar-refractivity contribution in [1.29, 1.82) is 0 Å². The molecule has 5 nitrogen and oxygen atoms in total. The average Bonchev–Trinajstić information content (AvgIpc) is 2.61. The van der Waals surface area contributed by atoms with Crippen molar-refractivity contribution in [1.82, 2.24) is 10.1 Å². The third kappa shape index (κ3) is 3.06. The van der Waals surface area contributed by atoms with E-state index < -0.39 is 6.04 Å². The van der Waals surface area contributed by atoms with Crippen LogP contribution in [0.4, 0.5) is 0 Å². The van der Waals surface area contributed by atoms with Crippen molar-refractivity contribution in [2.24, 2.45) is 11.7 Å². The van der Waals surface area contributed by atoms with Crippen LogP contribution in [0.1, 0.15) is 25.3 Å². The summed E-state index contributed by atoms with van der Waals surface area (Å²) >= 11 is 0. The van der Waals surface area contributed by atoms with Gasteiger partial charge >= 0.3 is 0 Å². The molecule has 0 aliphatic rings. The highest BCUT2D eigenvalue weighted by Crippen LogP contribution is 2.07. The first-order valence-corrected chi connectivity index (χ1v) is 5.34. The van der Waals surface area contributed by atoms with Crippen molar-refractivity contribution in [3.63, 3.8) is 0 Å². The van der Waals surface area contributed by atoms with Gasteiger partial charge in [0, 0.05) is 13.1 Å². The van der Waals surface area contributed by atoms with Crippen LogP contribution >= 0.6 is 0 Å². The quantitative estimate of drug-likeness (QED) is 0.827. The second kappa shape index (κ2) is 5.12. The van der Waals surface area contributed by atoms with Crippen molar-refractivity contribution < 1.29 is 9.32 Å². The molecule has 1 atom stereocenters. The molecule has 1 heterocycles. The second-order valence-corrected chi connectivity index (χ2v) is 4.39. The molecular formula is C11H19N3O2. The van der Waals surface area contributed by atoms with Crippen LogP contribution in [-0.4, -0.2) is 29.1 Å². The Morgan fingerprint density at radius 1 is 1.62 bits per heavy atom. The molecule has 0 radical (unpaired) electrons. The Kier molecular flexibility index (Phi) is 4.06. The van der Waals surface area contributed by atoms with Crippen LogP contribution in [0.25, 0.3) is 0 Å². The topological polar surface area (TPSA) is 72.4 Å². The van der Waals surface area contributed by atoms with Gasteiger partial charge in [0.15, 0.2) is 0 Å². The number of carbonyl (C=O) groups excluding carboxylic acids is 1. The molecule has 0 aromatic carbocycles.